The van der Waals surface area contributed by atoms with Gasteiger partial charge >= 0.3 is 0 Å². The van der Waals surface area contributed by atoms with Crippen molar-refractivity contribution >= 4 is 0 Å². The van der Waals surface area contributed by atoms with Gasteiger partial charge in [0.05, 0.1) is 13.1 Å². The largest absolute Gasteiger partial charge is 0.312 e. The van der Waals surface area contributed by atoms with Crippen LogP contribution in [-0.4, -0.2) is 46.0 Å². The Morgan fingerprint density at radius 1 is 0.957 bits per heavy atom. The van der Waals surface area contributed by atoms with Crippen LogP contribution in [0.4, 0.5) is 0 Å². The lowest BCUT2D eigenvalue weighted by molar-refractivity contribution is 0.257. The maximum absolute atomic E-state index is 4.39. The Bertz CT molecular complexity index is 749. The molecule has 0 unspecified atom stereocenters. The number of rotatable bonds is 4. The number of aromatic nitrogens is 7. The molecule has 0 spiro atoms. The molecule has 0 bridgehead atoms. The zero-order valence-corrected chi connectivity index (χ0v) is 12.8. The van der Waals surface area contributed by atoms with Crippen molar-refractivity contribution in [3.8, 4) is 0 Å². The lowest BCUT2D eigenvalue weighted by atomic mass is 10.2. The summed E-state index contributed by atoms with van der Waals surface area (Å²) in [5.74, 6) is 1.99. The molecular formula is C15H18N8. The Kier molecular flexibility index (Phi) is 3.81. The van der Waals surface area contributed by atoms with Crippen LogP contribution >= 0.6 is 0 Å². The van der Waals surface area contributed by atoms with Crippen molar-refractivity contribution in [2.24, 2.45) is 0 Å². The van der Waals surface area contributed by atoms with Crippen LogP contribution in [0.25, 0.3) is 0 Å². The van der Waals surface area contributed by atoms with E-state index in [4.69, 9.17) is 0 Å². The molecule has 0 saturated heterocycles. The van der Waals surface area contributed by atoms with Crippen molar-refractivity contribution in [1.82, 2.24) is 39.4 Å². The summed E-state index contributed by atoms with van der Waals surface area (Å²) >= 11 is 0. The molecule has 0 aliphatic carbocycles. The summed E-state index contributed by atoms with van der Waals surface area (Å²) in [4.78, 5) is 6.48. The minimum absolute atomic E-state index is 0.657. The molecule has 3 aromatic heterocycles. The van der Waals surface area contributed by atoms with Gasteiger partial charge in [-0.2, -0.15) is 0 Å². The first-order chi connectivity index (χ1) is 11.4. The van der Waals surface area contributed by atoms with E-state index in [1.165, 1.54) is 5.56 Å². The Morgan fingerprint density at radius 2 is 1.78 bits per heavy atom. The summed E-state index contributed by atoms with van der Waals surface area (Å²) in [6.07, 6.45) is 8.17. The number of pyridine rings is 1. The molecule has 8 nitrogen and oxygen atoms in total. The van der Waals surface area contributed by atoms with Crippen molar-refractivity contribution < 1.29 is 0 Å². The Morgan fingerprint density at radius 3 is 2.61 bits per heavy atom. The normalized spacial score (nSPS) is 15.3. The zero-order valence-electron chi connectivity index (χ0n) is 12.8. The fraction of sp³-hybridized carbons (Fsp3) is 0.400. The highest BCUT2D eigenvalue weighted by Gasteiger charge is 2.19. The van der Waals surface area contributed by atoms with Gasteiger partial charge in [-0.1, -0.05) is 0 Å². The third kappa shape index (κ3) is 3.11. The van der Waals surface area contributed by atoms with Crippen LogP contribution in [0.3, 0.4) is 0 Å². The van der Waals surface area contributed by atoms with Crippen molar-refractivity contribution in [3.63, 3.8) is 0 Å². The van der Waals surface area contributed by atoms with E-state index in [1.807, 2.05) is 17.0 Å². The number of nitrogens with zero attached hydrogens (tertiary/aromatic N) is 8. The monoisotopic (exact) mass is 310 g/mol. The summed E-state index contributed by atoms with van der Waals surface area (Å²) in [5, 5.41) is 16.4. The number of hydrogen-bond donors (Lipinski definition) is 0. The minimum atomic E-state index is 0.657. The first-order valence-corrected chi connectivity index (χ1v) is 7.73. The van der Waals surface area contributed by atoms with E-state index in [0.717, 1.165) is 44.2 Å². The van der Waals surface area contributed by atoms with Crippen molar-refractivity contribution in [2.75, 3.05) is 6.54 Å². The molecule has 0 saturated carbocycles. The molecular weight excluding hydrogens is 292 g/mol. The van der Waals surface area contributed by atoms with Crippen molar-refractivity contribution in [3.05, 3.63) is 54.4 Å². The smallest absolute Gasteiger partial charge is 0.153 e. The first-order valence-electron chi connectivity index (χ1n) is 7.73. The predicted octanol–water partition coefficient (Wildman–Crippen LogP) is 0.719. The molecule has 0 N–H and O–H groups in total. The van der Waals surface area contributed by atoms with Crippen molar-refractivity contribution in [2.45, 2.75) is 32.6 Å². The second kappa shape index (κ2) is 6.25. The van der Waals surface area contributed by atoms with Gasteiger partial charge < -0.3 is 9.13 Å². The molecule has 4 rings (SSSR count). The number of hydrogen-bond acceptors (Lipinski definition) is 6. The van der Waals surface area contributed by atoms with Crippen LogP contribution in [0.1, 0.15) is 23.6 Å². The van der Waals surface area contributed by atoms with Crippen LogP contribution in [-0.2, 0) is 26.2 Å². The summed E-state index contributed by atoms with van der Waals surface area (Å²) in [6, 6.07) is 4.13. The summed E-state index contributed by atoms with van der Waals surface area (Å²) in [5.41, 5.74) is 1.28. The molecule has 0 aromatic carbocycles. The number of fused-ring (bicyclic) bond motifs is 1. The third-order valence-electron chi connectivity index (χ3n) is 4.07. The van der Waals surface area contributed by atoms with Gasteiger partial charge in [-0.05, 0) is 24.1 Å². The topological polar surface area (TPSA) is 77.5 Å². The summed E-state index contributed by atoms with van der Waals surface area (Å²) < 4.78 is 4.14. The maximum Gasteiger partial charge on any atom is 0.153 e. The van der Waals surface area contributed by atoms with E-state index < -0.39 is 0 Å². The highest BCUT2D eigenvalue weighted by Crippen LogP contribution is 2.15. The highest BCUT2D eigenvalue weighted by molar-refractivity contribution is 5.10. The fourth-order valence-corrected chi connectivity index (χ4v) is 2.94. The average molecular weight is 310 g/mol. The van der Waals surface area contributed by atoms with Gasteiger partial charge in [0.2, 0.25) is 0 Å². The average Bonchev–Trinajstić information content (AvgIpc) is 3.16. The molecule has 3 aromatic rings. The molecule has 23 heavy (non-hydrogen) atoms. The maximum atomic E-state index is 4.39. The SMILES string of the molecule is c1cc(CN2CCCn3c(nnc3Cn3cnnc3)C2)ccn1. The van der Waals surface area contributed by atoms with Crippen LogP contribution in [0.5, 0.6) is 0 Å². The molecule has 8 heteroatoms. The molecule has 4 heterocycles. The Labute approximate surface area is 133 Å². The molecule has 1 aliphatic rings. The van der Waals surface area contributed by atoms with Crippen molar-refractivity contribution in [1.29, 1.82) is 0 Å². The minimum Gasteiger partial charge on any atom is -0.312 e. The summed E-state index contributed by atoms with van der Waals surface area (Å²) in [6.45, 7) is 4.39. The lowest BCUT2D eigenvalue weighted by Crippen LogP contribution is -2.23. The molecule has 0 fully saturated rings. The van der Waals surface area contributed by atoms with Gasteiger partial charge in [0.1, 0.15) is 18.5 Å². The van der Waals surface area contributed by atoms with Crippen LogP contribution in [0.2, 0.25) is 0 Å². The van der Waals surface area contributed by atoms with Crippen LogP contribution in [0, 0.1) is 0 Å². The van der Waals surface area contributed by atoms with E-state index in [-0.39, 0.29) is 0 Å². The van der Waals surface area contributed by atoms with Crippen LogP contribution < -0.4 is 0 Å². The van der Waals surface area contributed by atoms with Gasteiger partial charge in [-0.25, -0.2) is 0 Å². The lowest BCUT2D eigenvalue weighted by Gasteiger charge is -2.18. The molecule has 0 atom stereocenters. The Balaban J connectivity index is 1.50. The molecule has 0 radical (unpaired) electrons. The third-order valence-corrected chi connectivity index (χ3v) is 4.07. The second-order valence-electron chi connectivity index (χ2n) is 5.74. The van der Waals surface area contributed by atoms with Crippen LogP contribution in [0.15, 0.2) is 37.2 Å². The molecule has 1 aliphatic heterocycles. The van der Waals surface area contributed by atoms with E-state index in [2.05, 4.69) is 47.0 Å². The quantitative estimate of drug-likeness (QED) is 0.706. The predicted molar refractivity (Wildman–Crippen MR) is 82.1 cm³/mol. The molecule has 0 amide bonds. The van der Waals surface area contributed by atoms with Gasteiger partial charge in [0.25, 0.3) is 0 Å². The van der Waals surface area contributed by atoms with Gasteiger partial charge in [-0.15, -0.1) is 20.4 Å². The van der Waals surface area contributed by atoms with E-state index in [1.54, 1.807) is 12.7 Å². The highest BCUT2D eigenvalue weighted by atomic mass is 15.3. The van der Waals surface area contributed by atoms with E-state index in [9.17, 15) is 0 Å². The standard InChI is InChI=1S/C15H18N8/c1-6-21(8-13-2-4-16-5-3-13)9-14-19-20-15(23(14)7-1)10-22-11-17-18-12-22/h2-5,11-12H,1,6-10H2. The van der Waals surface area contributed by atoms with Gasteiger partial charge in [-0.3, -0.25) is 9.88 Å². The fourth-order valence-electron chi connectivity index (χ4n) is 2.94. The zero-order chi connectivity index (χ0) is 15.5. The van der Waals surface area contributed by atoms with E-state index >= 15 is 0 Å². The Hall–Kier alpha value is -2.61. The molecule has 118 valence electrons. The first kappa shape index (κ1) is 14.0. The van der Waals surface area contributed by atoms with Gasteiger partial charge in [0, 0.05) is 32.0 Å². The second-order valence-corrected chi connectivity index (χ2v) is 5.74. The van der Waals surface area contributed by atoms with E-state index in [0.29, 0.717) is 6.54 Å². The van der Waals surface area contributed by atoms with Gasteiger partial charge in [0.15, 0.2) is 5.82 Å². The summed E-state index contributed by atoms with van der Waals surface area (Å²) in [7, 11) is 0.